The van der Waals surface area contributed by atoms with Crippen molar-refractivity contribution >= 4 is 17.3 Å². The molecule has 0 aliphatic rings. The maximum absolute atomic E-state index is 5.49. The van der Waals surface area contributed by atoms with Gasteiger partial charge in [0.25, 0.3) is 0 Å². The van der Waals surface area contributed by atoms with E-state index in [1.807, 2.05) is 24.9 Å². The zero-order chi connectivity index (χ0) is 12.7. The molecule has 1 unspecified atom stereocenters. The summed E-state index contributed by atoms with van der Waals surface area (Å²) in [6.45, 7) is 3.36. The molecule has 6 heteroatoms. The van der Waals surface area contributed by atoms with Crippen molar-refractivity contribution in [3.05, 3.63) is 22.4 Å². The summed E-state index contributed by atoms with van der Waals surface area (Å²) in [6, 6.07) is 4.21. The van der Waals surface area contributed by atoms with Crippen LogP contribution >= 0.6 is 11.3 Å². The number of rotatable bonds is 5. The van der Waals surface area contributed by atoms with E-state index in [-0.39, 0.29) is 6.04 Å². The Bertz CT molecular complexity index is 339. The van der Waals surface area contributed by atoms with E-state index in [9.17, 15) is 0 Å². The number of thiophene rings is 1. The summed E-state index contributed by atoms with van der Waals surface area (Å²) < 4.78 is 5.04. The van der Waals surface area contributed by atoms with Crippen molar-refractivity contribution in [3.8, 4) is 0 Å². The second-order valence-corrected chi connectivity index (χ2v) is 4.87. The summed E-state index contributed by atoms with van der Waals surface area (Å²) in [5.41, 5.74) is 2.63. The van der Waals surface area contributed by atoms with Crippen LogP contribution in [-0.2, 0) is 11.3 Å². The summed E-state index contributed by atoms with van der Waals surface area (Å²) in [5, 5.41) is 2.06. The smallest absolute Gasteiger partial charge is 0.208 e. The first-order chi connectivity index (χ1) is 8.17. The third-order valence-electron chi connectivity index (χ3n) is 2.21. The van der Waals surface area contributed by atoms with Gasteiger partial charge in [-0.1, -0.05) is 6.07 Å². The van der Waals surface area contributed by atoms with Gasteiger partial charge in [0.05, 0.1) is 19.2 Å². The SMILES string of the molecule is COCC(C)N=C(NN)N(C)Cc1cccs1. The van der Waals surface area contributed by atoms with Gasteiger partial charge in [0.2, 0.25) is 5.96 Å². The minimum absolute atomic E-state index is 0.0804. The van der Waals surface area contributed by atoms with Crippen LogP contribution in [0.1, 0.15) is 11.8 Å². The maximum atomic E-state index is 5.49. The van der Waals surface area contributed by atoms with Crippen molar-refractivity contribution in [1.29, 1.82) is 0 Å². The molecule has 0 saturated heterocycles. The Morgan fingerprint density at radius 2 is 2.47 bits per heavy atom. The molecule has 0 aliphatic carbocycles. The van der Waals surface area contributed by atoms with Crippen molar-refractivity contribution in [2.24, 2.45) is 10.8 Å². The van der Waals surface area contributed by atoms with E-state index in [4.69, 9.17) is 10.6 Å². The maximum Gasteiger partial charge on any atom is 0.208 e. The van der Waals surface area contributed by atoms with Crippen molar-refractivity contribution in [2.75, 3.05) is 20.8 Å². The molecule has 0 bridgehead atoms. The van der Waals surface area contributed by atoms with Gasteiger partial charge in [-0.15, -0.1) is 11.3 Å². The highest BCUT2D eigenvalue weighted by atomic mass is 32.1. The van der Waals surface area contributed by atoms with Gasteiger partial charge in [0, 0.05) is 19.0 Å². The number of nitrogens with two attached hydrogens (primary N) is 1. The van der Waals surface area contributed by atoms with Crippen LogP contribution in [0.5, 0.6) is 0 Å². The number of hydrogen-bond donors (Lipinski definition) is 2. The second kappa shape index (κ2) is 7.26. The number of aliphatic imine (C=N–C) groups is 1. The fourth-order valence-electron chi connectivity index (χ4n) is 1.44. The van der Waals surface area contributed by atoms with E-state index in [2.05, 4.69) is 21.9 Å². The Hall–Kier alpha value is -1.11. The van der Waals surface area contributed by atoms with Crippen molar-refractivity contribution in [3.63, 3.8) is 0 Å². The Kier molecular flexibility index (Phi) is 5.96. The monoisotopic (exact) mass is 256 g/mol. The fourth-order valence-corrected chi connectivity index (χ4v) is 2.20. The molecule has 0 aliphatic heterocycles. The zero-order valence-corrected chi connectivity index (χ0v) is 11.3. The summed E-state index contributed by atoms with van der Waals surface area (Å²) in [4.78, 5) is 7.71. The molecule has 0 amide bonds. The summed E-state index contributed by atoms with van der Waals surface area (Å²) in [6.07, 6.45) is 0. The van der Waals surface area contributed by atoms with Crippen LogP contribution in [-0.4, -0.2) is 37.7 Å². The number of guanidine groups is 1. The minimum Gasteiger partial charge on any atom is -0.382 e. The van der Waals surface area contributed by atoms with Crippen LogP contribution in [0.15, 0.2) is 22.5 Å². The van der Waals surface area contributed by atoms with E-state index < -0.39 is 0 Å². The number of hydrogen-bond acceptors (Lipinski definition) is 4. The quantitative estimate of drug-likeness (QED) is 0.357. The van der Waals surface area contributed by atoms with Crippen molar-refractivity contribution in [2.45, 2.75) is 19.5 Å². The largest absolute Gasteiger partial charge is 0.382 e. The fraction of sp³-hybridized carbons (Fsp3) is 0.545. The molecule has 0 fully saturated rings. The number of hydrazine groups is 1. The molecule has 17 heavy (non-hydrogen) atoms. The number of ether oxygens (including phenoxy) is 1. The van der Waals surface area contributed by atoms with Crippen molar-refractivity contribution in [1.82, 2.24) is 10.3 Å². The van der Waals surface area contributed by atoms with E-state index in [0.717, 1.165) is 6.54 Å². The summed E-state index contributed by atoms with van der Waals surface area (Å²) in [7, 11) is 3.62. The van der Waals surface area contributed by atoms with Gasteiger partial charge in [-0.05, 0) is 18.4 Å². The Morgan fingerprint density at radius 3 is 3.00 bits per heavy atom. The first kappa shape index (κ1) is 14.0. The third kappa shape index (κ3) is 4.72. The van der Waals surface area contributed by atoms with Gasteiger partial charge < -0.3 is 9.64 Å². The van der Waals surface area contributed by atoms with Gasteiger partial charge in [-0.3, -0.25) is 5.43 Å². The molecule has 3 N–H and O–H groups in total. The highest BCUT2D eigenvalue weighted by Crippen LogP contribution is 2.10. The highest BCUT2D eigenvalue weighted by Gasteiger charge is 2.08. The molecule has 5 nitrogen and oxygen atoms in total. The molecule has 0 spiro atoms. The summed E-state index contributed by atoms with van der Waals surface area (Å²) in [5.74, 6) is 6.16. The number of nitrogens with one attached hydrogen (secondary N) is 1. The standard InChI is InChI=1S/C11H20N4OS/c1-9(8-16-3)13-11(14-12)15(2)7-10-5-4-6-17-10/h4-6,9H,7-8,12H2,1-3H3,(H,13,14). The van der Waals surface area contributed by atoms with E-state index >= 15 is 0 Å². The topological polar surface area (TPSA) is 62.9 Å². The van der Waals surface area contributed by atoms with Crippen LogP contribution in [0.3, 0.4) is 0 Å². The molecule has 0 radical (unpaired) electrons. The average Bonchev–Trinajstić information content (AvgIpc) is 2.78. The minimum atomic E-state index is 0.0804. The molecular weight excluding hydrogens is 236 g/mol. The lowest BCUT2D eigenvalue weighted by molar-refractivity contribution is 0.185. The third-order valence-corrected chi connectivity index (χ3v) is 3.08. The molecule has 1 aromatic heterocycles. The molecule has 0 aromatic carbocycles. The molecular formula is C11H20N4OS. The Labute approximate surface area is 106 Å². The lowest BCUT2D eigenvalue weighted by Crippen LogP contribution is -2.43. The predicted molar refractivity (Wildman–Crippen MR) is 71.9 cm³/mol. The first-order valence-electron chi connectivity index (χ1n) is 5.44. The van der Waals surface area contributed by atoms with Crippen LogP contribution in [0.25, 0.3) is 0 Å². The van der Waals surface area contributed by atoms with E-state index in [0.29, 0.717) is 12.6 Å². The summed E-state index contributed by atoms with van der Waals surface area (Å²) >= 11 is 1.72. The van der Waals surface area contributed by atoms with Gasteiger partial charge in [-0.2, -0.15) is 0 Å². The van der Waals surface area contributed by atoms with Gasteiger partial charge in [0.15, 0.2) is 0 Å². The first-order valence-corrected chi connectivity index (χ1v) is 6.32. The lowest BCUT2D eigenvalue weighted by Gasteiger charge is -2.21. The average molecular weight is 256 g/mol. The molecule has 0 saturated carbocycles. The number of nitrogens with zero attached hydrogens (tertiary/aromatic N) is 2. The molecule has 1 atom stereocenters. The molecule has 1 rings (SSSR count). The van der Waals surface area contributed by atoms with Gasteiger partial charge in [-0.25, -0.2) is 10.8 Å². The predicted octanol–water partition coefficient (Wildman–Crippen LogP) is 1.03. The molecule has 1 aromatic rings. The molecule has 1 heterocycles. The second-order valence-electron chi connectivity index (χ2n) is 3.84. The van der Waals surface area contributed by atoms with Crippen LogP contribution in [0, 0.1) is 0 Å². The Balaban J connectivity index is 2.60. The van der Waals surface area contributed by atoms with E-state index in [1.165, 1.54) is 4.88 Å². The van der Waals surface area contributed by atoms with Crippen molar-refractivity contribution < 1.29 is 4.74 Å². The van der Waals surface area contributed by atoms with Crippen LogP contribution in [0.4, 0.5) is 0 Å². The van der Waals surface area contributed by atoms with Crippen LogP contribution < -0.4 is 11.3 Å². The van der Waals surface area contributed by atoms with Crippen LogP contribution in [0.2, 0.25) is 0 Å². The van der Waals surface area contributed by atoms with E-state index in [1.54, 1.807) is 18.4 Å². The van der Waals surface area contributed by atoms with Gasteiger partial charge >= 0.3 is 0 Å². The number of methoxy groups -OCH3 is 1. The zero-order valence-electron chi connectivity index (χ0n) is 10.5. The Morgan fingerprint density at radius 1 is 1.71 bits per heavy atom. The van der Waals surface area contributed by atoms with Gasteiger partial charge in [0.1, 0.15) is 0 Å². The highest BCUT2D eigenvalue weighted by molar-refractivity contribution is 7.09. The lowest BCUT2D eigenvalue weighted by atomic mass is 10.4. The normalized spacial score (nSPS) is 13.5. The molecule has 96 valence electrons.